The van der Waals surface area contributed by atoms with Crippen molar-refractivity contribution >= 4 is 32.9 Å². The van der Waals surface area contributed by atoms with Gasteiger partial charge in [-0.05, 0) is 61.8 Å². The van der Waals surface area contributed by atoms with E-state index in [1.54, 1.807) is 19.9 Å². The Kier molecular flexibility index (Phi) is 5.29. The molecule has 0 aliphatic heterocycles. The second-order valence-electron chi connectivity index (χ2n) is 5.12. The Labute approximate surface area is 138 Å². The fourth-order valence-corrected chi connectivity index (χ4v) is 2.52. The zero-order valence-electron chi connectivity index (χ0n) is 13.2. The van der Waals surface area contributed by atoms with Crippen molar-refractivity contribution in [3.05, 3.63) is 39.6 Å². The Morgan fingerprint density at radius 2 is 2.09 bits per heavy atom. The van der Waals surface area contributed by atoms with Crippen molar-refractivity contribution in [2.45, 2.75) is 27.7 Å². The van der Waals surface area contributed by atoms with Gasteiger partial charge in [-0.15, -0.1) is 0 Å². The van der Waals surface area contributed by atoms with Crippen molar-refractivity contribution in [1.82, 2.24) is 0 Å². The summed E-state index contributed by atoms with van der Waals surface area (Å²) in [5.74, 6) is 0.828. The molecular weight excluding hydrogens is 348 g/mol. The molecule has 0 fully saturated rings. The highest BCUT2D eigenvalue weighted by Crippen LogP contribution is 2.35. The number of hydrogen-bond acceptors (Lipinski definition) is 4. The standard InChI is InChI=1S/C17H19BrO4/c1-5-20-17(19)16-11(4)22-14-9-13(18)15(8-12(14)16)21-7-6-10(2)3/h6,8-9H,5,7H2,1-4H3. The third kappa shape index (κ3) is 3.53. The van der Waals surface area contributed by atoms with Gasteiger partial charge in [0, 0.05) is 5.39 Å². The number of aryl methyl sites for hydroxylation is 1. The highest BCUT2D eigenvalue weighted by molar-refractivity contribution is 9.10. The van der Waals surface area contributed by atoms with Gasteiger partial charge >= 0.3 is 5.97 Å². The van der Waals surface area contributed by atoms with Gasteiger partial charge in [0.1, 0.15) is 29.3 Å². The monoisotopic (exact) mass is 366 g/mol. The van der Waals surface area contributed by atoms with Crippen LogP contribution in [0, 0.1) is 6.92 Å². The molecule has 4 nitrogen and oxygen atoms in total. The van der Waals surface area contributed by atoms with Gasteiger partial charge in [0.15, 0.2) is 0 Å². The third-order valence-electron chi connectivity index (χ3n) is 3.13. The lowest BCUT2D eigenvalue weighted by atomic mass is 10.1. The van der Waals surface area contributed by atoms with Gasteiger partial charge in [-0.25, -0.2) is 4.79 Å². The highest BCUT2D eigenvalue weighted by Gasteiger charge is 2.21. The normalized spacial score (nSPS) is 10.6. The van der Waals surface area contributed by atoms with E-state index < -0.39 is 0 Å². The number of carbonyl (C=O) groups is 1. The zero-order chi connectivity index (χ0) is 16.3. The molecule has 0 aliphatic carbocycles. The number of ether oxygens (including phenoxy) is 2. The van der Waals surface area contributed by atoms with Crippen LogP contribution in [0.1, 0.15) is 36.9 Å². The first kappa shape index (κ1) is 16.6. The summed E-state index contributed by atoms with van der Waals surface area (Å²) in [7, 11) is 0. The van der Waals surface area contributed by atoms with Crippen LogP contribution in [0.2, 0.25) is 0 Å². The van der Waals surface area contributed by atoms with Crippen LogP contribution in [0.3, 0.4) is 0 Å². The minimum absolute atomic E-state index is 0.325. The molecule has 0 N–H and O–H groups in total. The summed E-state index contributed by atoms with van der Waals surface area (Å²) in [5.41, 5.74) is 2.27. The van der Waals surface area contributed by atoms with Crippen LogP contribution in [-0.4, -0.2) is 19.2 Å². The Morgan fingerprint density at radius 3 is 2.73 bits per heavy atom. The first-order valence-electron chi connectivity index (χ1n) is 7.10. The maximum absolute atomic E-state index is 12.1. The molecule has 1 aromatic heterocycles. The van der Waals surface area contributed by atoms with E-state index in [-0.39, 0.29) is 5.97 Å². The van der Waals surface area contributed by atoms with E-state index in [0.29, 0.717) is 41.3 Å². The van der Waals surface area contributed by atoms with E-state index in [0.717, 1.165) is 4.47 Å². The molecule has 1 aromatic carbocycles. The number of esters is 1. The summed E-state index contributed by atoms with van der Waals surface area (Å²) in [4.78, 5) is 12.1. The lowest BCUT2D eigenvalue weighted by molar-refractivity contribution is 0.0526. The number of carbonyl (C=O) groups excluding carboxylic acids is 1. The number of furan rings is 1. The minimum atomic E-state index is -0.378. The van der Waals surface area contributed by atoms with E-state index in [1.807, 2.05) is 26.0 Å². The van der Waals surface area contributed by atoms with Gasteiger partial charge in [-0.2, -0.15) is 0 Å². The molecule has 1 heterocycles. The van der Waals surface area contributed by atoms with Crippen LogP contribution >= 0.6 is 15.9 Å². The largest absolute Gasteiger partial charge is 0.488 e. The Hall–Kier alpha value is -1.75. The minimum Gasteiger partial charge on any atom is -0.488 e. The summed E-state index contributed by atoms with van der Waals surface area (Å²) < 4.78 is 17.3. The average Bonchev–Trinajstić information content (AvgIpc) is 2.74. The van der Waals surface area contributed by atoms with Crippen LogP contribution in [0.15, 0.2) is 32.7 Å². The van der Waals surface area contributed by atoms with Crippen LogP contribution in [0.5, 0.6) is 5.75 Å². The molecule has 0 saturated heterocycles. The summed E-state index contributed by atoms with van der Waals surface area (Å²) in [5, 5.41) is 0.700. The maximum Gasteiger partial charge on any atom is 0.342 e. The van der Waals surface area contributed by atoms with Crippen molar-refractivity contribution in [2.75, 3.05) is 13.2 Å². The summed E-state index contributed by atoms with van der Waals surface area (Å²) in [6.07, 6.45) is 1.99. The molecule has 22 heavy (non-hydrogen) atoms. The van der Waals surface area contributed by atoms with E-state index in [2.05, 4.69) is 15.9 Å². The molecule has 0 spiro atoms. The smallest absolute Gasteiger partial charge is 0.342 e. The molecule has 0 aliphatic rings. The van der Waals surface area contributed by atoms with Gasteiger partial charge in [-0.1, -0.05) is 5.57 Å². The first-order valence-corrected chi connectivity index (χ1v) is 7.89. The predicted molar refractivity (Wildman–Crippen MR) is 89.5 cm³/mol. The van der Waals surface area contributed by atoms with Gasteiger partial charge in [0.2, 0.25) is 0 Å². The Balaban J connectivity index is 2.43. The van der Waals surface area contributed by atoms with Crippen LogP contribution in [0.4, 0.5) is 0 Å². The van der Waals surface area contributed by atoms with Crippen LogP contribution in [-0.2, 0) is 4.74 Å². The molecule has 2 rings (SSSR count). The van der Waals surface area contributed by atoms with E-state index >= 15 is 0 Å². The topological polar surface area (TPSA) is 48.7 Å². The number of halogens is 1. The number of hydrogen-bond donors (Lipinski definition) is 0. The van der Waals surface area contributed by atoms with E-state index in [9.17, 15) is 4.79 Å². The fraction of sp³-hybridized carbons (Fsp3) is 0.353. The van der Waals surface area contributed by atoms with Gasteiger partial charge in [-0.3, -0.25) is 0 Å². The zero-order valence-corrected chi connectivity index (χ0v) is 14.7. The van der Waals surface area contributed by atoms with Gasteiger partial charge in [0.05, 0.1) is 11.1 Å². The van der Waals surface area contributed by atoms with Crippen LogP contribution < -0.4 is 4.74 Å². The number of rotatable bonds is 5. The lowest BCUT2D eigenvalue weighted by Gasteiger charge is -2.07. The fourth-order valence-electron chi connectivity index (χ4n) is 2.09. The molecule has 118 valence electrons. The van der Waals surface area contributed by atoms with Crippen molar-refractivity contribution < 1.29 is 18.7 Å². The average molecular weight is 367 g/mol. The van der Waals surface area contributed by atoms with Crippen molar-refractivity contribution in [3.63, 3.8) is 0 Å². The molecule has 0 radical (unpaired) electrons. The van der Waals surface area contributed by atoms with Crippen molar-refractivity contribution in [3.8, 4) is 5.75 Å². The SMILES string of the molecule is CCOC(=O)c1c(C)oc2cc(Br)c(OCC=C(C)C)cc12. The molecule has 0 atom stereocenters. The molecule has 0 saturated carbocycles. The molecule has 2 aromatic rings. The van der Waals surface area contributed by atoms with Crippen molar-refractivity contribution in [1.29, 1.82) is 0 Å². The first-order chi connectivity index (χ1) is 10.4. The molecule has 0 bridgehead atoms. The molecular formula is C17H19BrO4. The number of benzene rings is 1. The van der Waals surface area contributed by atoms with Crippen molar-refractivity contribution in [2.24, 2.45) is 0 Å². The Bertz CT molecular complexity index is 724. The summed E-state index contributed by atoms with van der Waals surface area (Å²) in [6.45, 7) is 8.35. The predicted octanol–water partition coefficient (Wildman–Crippen LogP) is 5.03. The maximum atomic E-state index is 12.1. The second-order valence-corrected chi connectivity index (χ2v) is 5.98. The lowest BCUT2D eigenvalue weighted by Crippen LogP contribution is -2.05. The molecule has 0 unspecified atom stereocenters. The highest BCUT2D eigenvalue weighted by atomic mass is 79.9. The van der Waals surface area contributed by atoms with Gasteiger partial charge in [0.25, 0.3) is 0 Å². The quantitative estimate of drug-likeness (QED) is 0.550. The van der Waals surface area contributed by atoms with Gasteiger partial charge < -0.3 is 13.9 Å². The van der Waals surface area contributed by atoms with E-state index in [1.165, 1.54) is 5.57 Å². The third-order valence-corrected chi connectivity index (χ3v) is 3.75. The second kappa shape index (κ2) is 7.01. The number of allylic oxidation sites excluding steroid dienone is 1. The Morgan fingerprint density at radius 1 is 1.36 bits per heavy atom. The summed E-state index contributed by atoms with van der Waals surface area (Å²) >= 11 is 3.46. The number of fused-ring (bicyclic) bond motifs is 1. The van der Waals surface area contributed by atoms with Crippen LogP contribution in [0.25, 0.3) is 11.0 Å². The van der Waals surface area contributed by atoms with E-state index in [4.69, 9.17) is 13.9 Å². The summed E-state index contributed by atoms with van der Waals surface area (Å²) in [6, 6.07) is 3.61. The molecule has 5 heteroatoms. The molecule has 0 amide bonds.